The molecule has 0 aliphatic heterocycles. The fraction of sp³-hybridized carbons (Fsp3) is 1.00. The number of hydrogen-bond donors (Lipinski definition) is 2. The standard InChI is InChI=1S/C8H18O2/c1-3-5-6-7-8(9,10)4-2/h9-10H,3-7H2,1-2H3. The average molecular weight is 146 g/mol. The van der Waals surface area contributed by atoms with Gasteiger partial charge in [0.1, 0.15) is 0 Å². The molecule has 0 aliphatic carbocycles. The Labute approximate surface area is 62.9 Å². The van der Waals surface area contributed by atoms with Crippen molar-refractivity contribution in [3.63, 3.8) is 0 Å². The van der Waals surface area contributed by atoms with E-state index in [1.54, 1.807) is 6.92 Å². The van der Waals surface area contributed by atoms with Gasteiger partial charge in [0.2, 0.25) is 0 Å². The molecule has 2 N–H and O–H groups in total. The van der Waals surface area contributed by atoms with E-state index in [1.807, 2.05) is 0 Å². The highest BCUT2D eigenvalue weighted by atomic mass is 16.5. The molecule has 0 aliphatic rings. The van der Waals surface area contributed by atoms with Crippen LogP contribution < -0.4 is 0 Å². The Morgan fingerprint density at radius 1 is 1.10 bits per heavy atom. The van der Waals surface area contributed by atoms with Gasteiger partial charge in [0.25, 0.3) is 0 Å². The van der Waals surface area contributed by atoms with Crippen LogP contribution in [0.5, 0.6) is 0 Å². The minimum absolute atomic E-state index is 0.427. The van der Waals surface area contributed by atoms with Gasteiger partial charge in [-0.2, -0.15) is 0 Å². The topological polar surface area (TPSA) is 40.5 Å². The molecule has 2 nitrogen and oxygen atoms in total. The van der Waals surface area contributed by atoms with Crippen molar-refractivity contribution in [3.8, 4) is 0 Å². The Kier molecular flexibility index (Phi) is 4.65. The lowest BCUT2D eigenvalue weighted by Gasteiger charge is -2.18. The van der Waals surface area contributed by atoms with Crippen LogP contribution in [0.2, 0.25) is 0 Å². The van der Waals surface area contributed by atoms with Crippen molar-refractivity contribution >= 4 is 0 Å². The van der Waals surface area contributed by atoms with Crippen molar-refractivity contribution in [2.75, 3.05) is 0 Å². The number of aliphatic hydroxyl groups is 2. The molecule has 0 saturated heterocycles. The molecule has 0 amide bonds. The van der Waals surface area contributed by atoms with Crippen LogP contribution in [0, 0.1) is 0 Å². The molecule has 0 spiro atoms. The van der Waals surface area contributed by atoms with E-state index < -0.39 is 5.79 Å². The van der Waals surface area contributed by atoms with Gasteiger partial charge in [-0.3, -0.25) is 0 Å². The lowest BCUT2D eigenvalue weighted by Crippen LogP contribution is -2.26. The van der Waals surface area contributed by atoms with Gasteiger partial charge in [-0.1, -0.05) is 26.7 Å². The number of unbranched alkanes of at least 4 members (excludes halogenated alkanes) is 2. The molecule has 0 aromatic heterocycles. The van der Waals surface area contributed by atoms with Crippen LogP contribution in [0.25, 0.3) is 0 Å². The monoisotopic (exact) mass is 146 g/mol. The highest BCUT2D eigenvalue weighted by Gasteiger charge is 2.18. The van der Waals surface area contributed by atoms with E-state index in [-0.39, 0.29) is 0 Å². The van der Waals surface area contributed by atoms with Crippen molar-refractivity contribution in [2.45, 2.75) is 51.7 Å². The third kappa shape index (κ3) is 4.77. The summed E-state index contributed by atoms with van der Waals surface area (Å²) in [6.07, 6.45) is 4.06. The quantitative estimate of drug-likeness (QED) is 0.457. The summed E-state index contributed by atoms with van der Waals surface area (Å²) in [4.78, 5) is 0. The van der Waals surface area contributed by atoms with Gasteiger partial charge >= 0.3 is 0 Å². The molecule has 0 saturated carbocycles. The van der Waals surface area contributed by atoms with Crippen LogP contribution in [0.15, 0.2) is 0 Å². The van der Waals surface area contributed by atoms with Crippen LogP contribution in [0.3, 0.4) is 0 Å². The first-order chi connectivity index (χ1) is 4.62. The largest absolute Gasteiger partial charge is 0.366 e. The van der Waals surface area contributed by atoms with Crippen LogP contribution in [-0.2, 0) is 0 Å². The van der Waals surface area contributed by atoms with Crippen molar-refractivity contribution < 1.29 is 10.2 Å². The first-order valence-corrected chi connectivity index (χ1v) is 4.07. The van der Waals surface area contributed by atoms with Crippen LogP contribution in [-0.4, -0.2) is 16.0 Å². The Morgan fingerprint density at radius 2 is 1.70 bits per heavy atom. The molecule has 0 aromatic carbocycles. The van der Waals surface area contributed by atoms with E-state index in [0.29, 0.717) is 12.8 Å². The fourth-order valence-electron chi connectivity index (χ4n) is 0.835. The lowest BCUT2D eigenvalue weighted by molar-refractivity contribution is -0.167. The van der Waals surface area contributed by atoms with Crippen molar-refractivity contribution in [2.24, 2.45) is 0 Å². The maximum Gasteiger partial charge on any atom is 0.162 e. The zero-order valence-electron chi connectivity index (χ0n) is 6.93. The molecule has 0 aromatic rings. The van der Waals surface area contributed by atoms with Gasteiger partial charge in [0.05, 0.1) is 0 Å². The zero-order valence-corrected chi connectivity index (χ0v) is 6.93. The van der Waals surface area contributed by atoms with E-state index in [2.05, 4.69) is 6.92 Å². The molecule has 0 heterocycles. The SMILES string of the molecule is CCCCCC(O)(O)CC. The minimum Gasteiger partial charge on any atom is -0.366 e. The summed E-state index contributed by atoms with van der Waals surface area (Å²) in [6, 6.07) is 0. The molecule has 0 unspecified atom stereocenters. The van der Waals surface area contributed by atoms with Crippen LogP contribution in [0.1, 0.15) is 46.0 Å². The summed E-state index contributed by atoms with van der Waals surface area (Å²) in [7, 11) is 0. The van der Waals surface area contributed by atoms with Crippen molar-refractivity contribution in [1.82, 2.24) is 0 Å². The van der Waals surface area contributed by atoms with Gasteiger partial charge in [-0.15, -0.1) is 0 Å². The maximum absolute atomic E-state index is 9.11. The van der Waals surface area contributed by atoms with Gasteiger partial charge < -0.3 is 10.2 Å². The Bertz CT molecular complexity index is 79.3. The van der Waals surface area contributed by atoms with Gasteiger partial charge in [0.15, 0.2) is 5.79 Å². The Morgan fingerprint density at radius 3 is 2.10 bits per heavy atom. The molecule has 0 radical (unpaired) electrons. The van der Waals surface area contributed by atoms with E-state index in [9.17, 15) is 0 Å². The number of hydrogen-bond acceptors (Lipinski definition) is 2. The van der Waals surface area contributed by atoms with Gasteiger partial charge in [0, 0.05) is 6.42 Å². The number of rotatable bonds is 5. The second kappa shape index (κ2) is 4.69. The normalized spacial score (nSPS) is 12.0. The second-order valence-corrected chi connectivity index (χ2v) is 2.79. The summed E-state index contributed by atoms with van der Waals surface area (Å²) in [6.45, 7) is 3.88. The van der Waals surface area contributed by atoms with Gasteiger partial charge in [-0.25, -0.2) is 0 Å². The Balaban J connectivity index is 3.28. The van der Waals surface area contributed by atoms with E-state index in [1.165, 1.54) is 0 Å². The van der Waals surface area contributed by atoms with E-state index in [0.717, 1.165) is 19.3 Å². The maximum atomic E-state index is 9.11. The van der Waals surface area contributed by atoms with E-state index >= 15 is 0 Å². The van der Waals surface area contributed by atoms with Gasteiger partial charge in [-0.05, 0) is 12.8 Å². The molecular weight excluding hydrogens is 128 g/mol. The van der Waals surface area contributed by atoms with Crippen molar-refractivity contribution in [1.29, 1.82) is 0 Å². The molecule has 0 atom stereocenters. The first kappa shape index (κ1) is 9.92. The third-order valence-electron chi connectivity index (χ3n) is 1.75. The summed E-state index contributed by atoms with van der Waals surface area (Å²) in [5.74, 6) is -1.41. The molecule has 0 fully saturated rings. The average Bonchev–Trinajstić information content (AvgIpc) is 1.89. The molecule has 0 rings (SSSR count). The predicted octanol–water partition coefficient (Wildman–Crippen LogP) is 1.66. The molecule has 62 valence electrons. The van der Waals surface area contributed by atoms with Crippen molar-refractivity contribution in [3.05, 3.63) is 0 Å². The summed E-state index contributed by atoms with van der Waals surface area (Å²) in [5.41, 5.74) is 0. The smallest absolute Gasteiger partial charge is 0.162 e. The summed E-state index contributed by atoms with van der Waals surface area (Å²) in [5, 5.41) is 18.2. The molecule has 2 heteroatoms. The summed E-state index contributed by atoms with van der Waals surface area (Å²) >= 11 is 0. The highest BCUT2D eigenvalue weighted by Crippen LogP contribution is 2.14. The second-order valence-electron chi connectivity index (χ2n) is 2.79. The molecular formula is C8H18O2. The van der Waals surface area contributed by atoms with Crippen LogP contribution >= 0.6 is 0 Å². The summed E-state index contributed by atoms with van der Waals surface area (Å²) < 4.78 is 0. The lowest BCUT2D eigenvalue weighted by atomic mass is 10.1. The molecule has 0 bridgehead atoms. The van der Waals surface area contributed by atoms with E-state index in [4.69, 9.17) is 10.2 Å². The first-order valence-electron chi connectivity index (χ1n) is 4.07. The highest BCUT2D eigenvalue weighted by molar-refractivity contribution is 4.60. The Hall–Kier alpha value is -0.0800. The minimum atomic E-state index is -1.41. The fourth-order valence-corrected chi connectivity index (χ4v) is 0.835. The molecule has 10 heavy (non-hydrogen) atoms. The zero-order chi connectivity index (χ0) is 8.04. The third-order valence-corrected chi connectivity index (χ3v) is 1.75. The predicted molar refractivity (Wildman–Crippen MR) is 41.6 cm³/mol. The van der Waals surface area contributed by atoms with Crippen LogP contribution in [0.4, 0.5) is 0 Å².